The molecule has 4 heteroatoms. The molecular weight excluding hydrogens is 302 g/mol. The predicted molar refractivity (Wildman–Crippen MR) is 96.2 cm³/mol. The van der Waals surface area contributed by atoms with E-state index in [4.69, 9.17) is 9.47 Å². The van der Waals surface area contributed by atoms with Crippen LogP contribution >= 0.6 is 0 Å². The standard InChI is InChI=1S/C20H25NO3/c1-15(2)14-24-20-10-17(7-8-19(20)23-3)12-21-11-16-5-4-6-18(9-16)13-22/h4-10,21-22H,1,11-14H2,2-3H3. The molecule has 24 heavy (non-hydrogen) atoms. The van der Waals surface area contributed by atoms with E-state index in [0.29, 0.717) is 6.61 Å². The minimum Gasteiger partial charge on any atom is -0.493 e. The van der Waals surface area contributed by atoms with Crippen molar-refractivity contribution in [3.8, 4) is 11.5 Å². The van der Waals surface area contributed by atoms with Crippen molar-refractivity contribution in [2.45, 2.75) is 26.6 Å². The lowest BCUT2D eigenvalue weighted by molar-refractivity contribution is 0.281. The van der Waals surface area contributed by atoms with Gasteiger partial charge < -0.3 is 19.9 Å². The van der Waals surface area contributed by atoms with E-state index in [1.165, 1.54) is 0 Å². The van der Waals surface area contributed by atoms with Crippen LogP contribution < -0.4 is 14.8 Å². The maximum absolute atomic E-state index is 9.18. The minimum atomic E-state index is 0.0652. The molecule has 128 valence electrons. The highest BCUT2D eigenvalue weighted by molar-refractivity contribution is 5.43. The van der Waals surface area contributed by atoms with Crippen LogP contribution in [0.15, 0.2) is 54.6 Å². The third-order valence-electron chi connectivity index (χ3n) is 3.53. The molecule has 2 aromatic carbocycles. The summed E-state index contributed by atoms with van der Waals surface area (Å²) in [6, 6.07) is 13.8. The second kappa shape index (κ2) is 9.11. The summed E-state index contributed by atoms with van der Waals surface area (Å²) in [5.74, 6) is 1.44. The number of nitrogens with one attached hydrogen (secondary N) is 1. The summed E-state index contributed by atoms with van der Waals surface area (Å²) in [6.45, 7) is 7.77. The Labute approximate surface area is 143 Å². The Balaban J connectivity index is 1.96. The topological polar surface area (TPSA) is 50.7 Å². The minimum absolute atomic E-state index is 0.0652. The molecule has 4 nitrogen and oxygen atoms in total. The molecule has 0 spiro atoms. The van der Waals surface area contributed by atoms with Gasteiger partial charge in [0.1, 0.15) is 6.61 Å². The molecular formula is C20H25NO3. The van der Waals surface area contributed by atoms with Crippen molar-refractivity contribution >= 4 is 0 Å². The van der Waals surface area contributed by atoms with Crippen molar-refractivity contribution in [1.29, 1.82) is 0 Å². The van der Waals surface area contributed by atoms with E-state index in [-0.39, 0.29) is 6.61 Å². The Kier molecular flexibility index (Phi) is 6.85. The summed E-state index contributed by atoms with van der Waals surface area (Å²) in [6.07, 6.45) is 0. The molecule has 0 aliphatic rings. The molecule has 0 saturated heterocycles. The summed E-state index contributed by atoms with van der Waals surface area (Å²) in [5, 5.41) is 12.6. The van der Waals surface area contributed by atoms with Crippen molar-refractivity contribution in [1.82, 2.24) is 5.32 Å². The van der Waals surface area contributed by atoms with Gasteiger partial charge in [0.05, 0.1) is 13.7 Å². The van der Waals surface area contributed by atoms with Crippen molar-refractivity contribution in [2.75, 3.05) is 13.7 Å². The zero-order valence-electron chi connectivity index (χ0n) is 14.3. The van der Waals surface area contributed by atoms with Gasteiger partial charge in [0.15, 0.2) is 11.5 Å². The fourth-order valence-electron chi connectivity index (χ4n) is 2.33. The van der Waals surface area contributed by atoms with E-state index in [9.17, 15) is 5.11 Å². The predicted octanol–water partition coefficient (Wildman–Crippen LogP) is 3.43. The van der Waals surface area contributed by atoms with Gasteiger partial charge in [-0.15, -0.1) is 0 Å². The van der Waals surface area contributed by atoms with Crippen LogP contribution in [0, 0.1) is 0 Å². The number of benzene rings is 2. The molecule has 2 aromatic rings. The normalized spacial score (nSPS) is 10.5. The Bertz CT molecular complexity index is 682. The van der Waals surface area contributed by atoms with E-state index in [1.54, 1.807) is 7.11 Å². The van der Waals surface area contributed by atoms with Crippen molar-refractivity contribution in [3.63, 3.8) is 0 Å². The molecule has 0 fully saturated rings. The highest BCUT2D eigenvalue weighted by atomic mass is 16.5. The molecule has 2 rings (SSSR count). The number of ether oxygens (including phenoxy) is 2. The first-order valence-electron chi connectivity index (χ1n) is 7.96. The zero-order valence-corrected chi connectivity index (χ0v) is 14.3. The van der Waals surface area contributed by atoms with Gasteiger partial charge in [0, 0.05) is 13.1 Å². The molecule has 0 unspecified atom stereocenters. The van der Waals surface area contributed by atoms with Crippen LogP contribution in [0.2, 0.25) is 0 Å². The Morgan fingerprint density at radius 3 is 2.42 bits per heavy atom. The number of rotatable bonds is 9. The summed E-state index contributed by atoms with van der Waals surface area (Å²) >= 11 is 0. The molecule has 0 saturated carbocycles. The van der Waals surface area contributed by atoms with Gasteiger partial charge in [-0.3, -0.25) is 0 Å². The lowest BCUT2D eigenvalue weighted by atomic mass is 10.1. The lowest BCUT2D eigenvalue weighted by Crippen LogP contribution is -2.13. The van der Waals surface area contributed by atoms with Crippen LogP contribution in [0.25, 0.3) is 0 Å². The van der Waals surface area contributed by atoms with Crippen LogP contribution in [0.5, 0.6) is 11.5 Å². The fraction of sp³-hybridized carbons (Fsp3) is 0.300. The van der Waals surface area contributed by atoms with Gasteiger partial charge in [-0.2, -0.15) is 0 Å². The first kappa shape index (κ1) is 18.0. The van der Waals surface area contributed by atoms with Gasteiger partial charge in [-0.1, -0.05) is 36.9 Å². The van der Waals surface area contributed by atoms with E-state index in [2.05, 4.69) is 11.9 Å². The number of hydrogen-bond donors (Lipinski definition) is 2. The van der Waals surface area contributed by atoms with E-state index >= 15 is 0 Å². The molecule has 0 radical (unpaired) electrons. The van der Waals surface area contributed by atoms with Crippen LogP contribution in [-0.2, 0) is 19.7 Å². The number of aliphatic hydroxyl groups excluding tert-OH is 1. The lowest BCUT2D eigenvalue weighted by Gasteiger charge is -2.13. The molecule has 0 bridgehead atoms. The second-order valence-electron chi connectivity index (χ2n) is 5.81. The number of hydrogen-bond acceptors (Lipinski definition) is 4. The monoisotopic (exact) mass is 327 g/mol. The summed E-state index contributed by atoms with van der Waals surface area (Å²) in [7, 11) is 1.63. The van der Waals surface area contributed by atoms with Gasteiger partial charge >= 0.3 is 0 Å². The fourth-order valence-corrected chi connectivity index (χ4v) is 2.33. The van der Waals surface area contributed by atoms with Crippen LogP contribution in [-0.4, -0.2) is 18.8 Å². The van der Waals surface area contributed by atoms with E-state index in [1.807, 2.05) is 49.4 Å². The molecule has 0 aliphatic carbocycles. The molecule has 2 N–H and O–H groups in total. The highest BCUT2D eigenvalue weighted by Crippen LogP contribution is 2.28. The summed E-state index contributed by atoms with van der Waals surface area (Å²) < 4.78 is 11.1. The third kappa shape index (κ3) is 5.41. The van der Waals surface area contributed by atoms with Crippen molar-refractivity contribution in [2.24, 2.45) is 0 Å². The molecule has 0 amide bonds. The average Bonchev–Trinajstić information content (AvgIpc) is 2.60. The largest absolute Gasteiger partial charge is 0.493 e. The molecule has 0 aromatic heterocycles. The zero-order chi connectivity index (χ0) is 17.4. The second-order valence-corrected chi connectivity index (χ2v) is 5.81. The summed E-state index contributed by atoms with van der Waals surface area (Å²) in [4.78, 5) is 0. The Morgan fingerprint density at radius 2 is 1.75 bits per heavy atom. The maximum atomic E-state index is 9.18. The first-order valence-corrected chi connectivity index (χ1v) is 7.96. The quantitative estimate of drug-likeness (QED) is 0.693. The average molecular weight is 327 g/mol. The van der Waals surface area contributed by atoms with E-state index in [0.717, 1.165) is 46.9 Å². The number of methoxy groups -OCH3 is 1. The van der Waals surface area contributed by atoms with Gasteiger partial charge in [0.25, 0.3) is 0 Å². The maximum Gasteiger partial charge on any atom is 0.161 e. The van der Waals surface area contributed by atoms with Crippen LogP contribution in [0.1, 0.15) is 23.6 Å². The van der Waals surface area contributed by atoms with Crippen LogP contribution in [0.4, 0.5) is 0 Å². The smallest absolute Gasteiger partial charge is 0.161 e. The van der Waals surface area contributed by atoms with Gasteiger partial charge in [-0.05, 0) is 41.3 Å². The third-order valence-corrected chi connectivity index (χ3v) is 3.53. The van der Waals surface area contributed by atoms with Crippen molar-refractivity contribution < 1.29 is 14.6 Å². The van der Waals surface area contributed by atoms with Gasteiger partial charge in [-0.25, -0.2) is 0 Å². The molecule has 0 atom stereocenters. The van der Waals surface area contributed by atoms with Crippen LogP contribution in [0.3, 0.4) is 0 Å². The highest BCUT2D eigenvalue weighted by Gasteiger charge is 2.06. The molecule has 0 heterocycles. The Hall–Kier alpha value is -2.30. The molecule has 0 aliphatic heterocycles. The van der Waals surface area contributed by atoms with Gasteiger partial charge in [0.2, 0.25) is 0 Å². The first-order chi connectivity index (χ1) is 11.6. The Morgan fingerprint density at radius 1 is 1.04 bits per heavy atom. The van der Waals surface area contributed by atoms with Crippen molar-refractivity contribution in [3.05, 3.63) is 71.3 Å². The summed E-state index contributed by atoms with van der Waals surface area (Å²) in [5.41, 5.74) is 4.15. The number of aliphatic hydroxyl groups is 1. The van der Waals surface area contributed by atoms with E-state index < -0.39 is 0 Å². The SMILES string of the molecule is C=C(C)COc1cc(CNCc2cccc(CO)c2)ccc1OC.